The topological polar surface area (TPSA) is 90.4 Å². The van der Waals surface area contributed by atoms with Crippen molar-refractivity contribution in [2.24, 2.45) is 0 Å². The second-order valence-electron chi connectivity index (χ2n) is 3.56. The monoisotopic (exact) mass is 251 g/mol. The molecule has 0 aliphatic rings. The van der Waals surface area contributed by atoms with E-state index in [9.17, 15) is 4.79 Å². The maximum absolute atomic E-state index is 11.5. The van der Waals surface area contributed by atoms with Gasteiger partial charge in [0.15, 0.2) is 5.82 Å². The number of nitrogens with zero attached hydrogens (tertiary/aromatic N) is 2. The molecule has 1 amide bonds. The quantitative estimate of drug-likeness (QED) is 0.815. The lowest BCUT2D eigenvalue weighted by atomic mass is 10.3. The molecule has 2 aromatic heterocycles. The predicted molar refractivity (Wildman–Crippen MR) is 59.8 cm³/mol. The van der Waals surface area contributed by atoms with Gasteiger partial charge in [-0.2, -0.15) is 4.98 Å². The van der Waals surface area contributed by atoms with Crippen LogP contribution in [0.15, 0.2) is 27.5 Å². The average molecular weight is 251 g/mol. The minimum Gasteiger partial charge on any atom is -0.472 e. The molecule has 7 heteroatoms. The van der Waals surface area contributed by atoms with Crippen molar-refractivity contribution in [1.29, 1.82) is 0 Å². The molecule has 0 radical (unpaired) electrons. The summed E-state index contributed by atoms with van der Waals surface area (Å²) in [6, 6.07) is 1.60. The van der Waals surface area contributed by atoms with E-state index in [1.165, 1.54) is 12.5 Å². The van der Waals surface area contributed by atoms with Crippen molar-refractivity contribution in [3.05, 3.63) is 35.9 Å². The first-order chi connectivity index (χ1) is 8.79. The van der Waals surface area contributed by atoms with Gasteiger partial charge in [-0.3, -0.25) is 4.79 Å². The summed E-state index contributed by atoms with van der Waals surface area (Å²) in [4.78, 5) is 15.6. The third-order valence-corrected chi connectivity index (χ3v) is 2.20. The SMILES string of the molecule is COCc1nc(CCNC(=O)c2ccoc2)no1. The molecule has 0 atom stereocenters. The highest BCUT2D eigenvalue weighted by atomic mass is 16.5. The van der Waals surface area contributed by atoms with Crippen LogP contribution < -0.4 is 5.32 Å². The van der Waals surface area contributed by atoms with Crippen LogP contribution in [0, 0.1) is 0 Å². The van der Waals surface area contributed by atoms with Gasteiger partial charge in [0, 0.05) is 20.1 Å². The van der Waals surface area contributed by atoms with E-state index in [1.807, 2.05) is 0 Å². The summed E-state index contributed by atoms with van der Waals surface area (Å²) in [5.74, 6) is 0.771. The number of ether oxygens (including phenoxy) is 1. The summed E-state index contributed by atoms with van der Waals surface area (Å²) in [5.41, 5.74) is 0.489. The Balaban J connectivity index is 1.76. The number of methoxy groups -OCH3 is 1. The first-order valence-electron chi connectivity index (χ1n) is 5.40. The maximum atomic E-state index is 11.5. The number of carbonyl (C=O) groups is 1. The molecule has 0 aliphatic carbocycles. The normalized spacial score (nSPS) is 10.5. The van der Waals surface area contributed by atoms with E-state index < -0.39 is 0 Å². The zero-order valence-corrected chi connectivity index (χ0v) is 9.88. The number of amides is 1. The molecule has 0 aliphatic heterocycles. The van der Waals surface area contributed by atoms with E-state index in [1.54, 1.807) is 13.2 Å². The van der Waals surface area contributed by atoms with Gasteiger partial charge in [0.05, 0.1) is 11.8 Å². The molecule has 0 spiro atoms. The predicted octanol–water partition coefficient (Wildman–Crippen LogP) is 0.781. The van der Waals surface area contributed by atoms with Gasteiger partial charge in [0.2, 0.25) is 0 Å². The molecule has 0 bridgehead atoms. The maximum Gasteiger partial charge on any atom is 0.254 e. The van der Waals surface area contributed by atoms with Crippen molar-refractivity contribution in [3.8, 4) is 0 Å². The number of hydrogen-bond donors (Lipinski definition) is 1. The van der Waals surface area contributed by atoms with Crippen LogP contribution in [0.4, 0.5) is 0 Å². The van der Waals surface area contributed by atoms with Crippen molar-refractivity contribution in [1.82, 2.24) is 15.5 Å². The Morgan fingerprint density at radius 1 is 1.56 bits per heavy atom. The molecule has 0 unspecified atom stereocenters. The molecule has 0 saturated heterocycles. The number of rotatable bonds is 6. The van der Waals surface area contributed by atoms with E-state index in [4.69, 9.17) is 13.7 Å². The molecule has 18 heavy (non-hydrogen) atoms. The summed E-state index contributed by atoms with van der Waals surface area (Å²) in [6.45, 7) is 0.713. The smallest absolute Gasteiger partial charge is 0.254 e. The average Bonchev–Trinajstić information content (AvgIpc) is 3.00. The van der Waals surface area contributed by atoms with Crippen molar-refractivity contribution >= 4 is 5.91 Å². The van der Waals surface area contributed by atoms with Gasteiger partial charge in [0.25, 0.3) is 11.8 Å². The van der Waals surface area contributed by atoms with Gasteiger partial charge < -0.3 is 19.0 Å². The van der Waals surface area contributed by atoms with Crippen LogP contribution in [0.5, 0.6) is 0 Å². The van der Waals surface area contributed by atoms with Crippen molar-refractivity contribution in [3.63, 3.8) is 0 Å². The molecule has 0 saturated carbocycles. The lowest BCUT2D eigenvalue weighted by molar-refractivity contribution is 0.0953. The van der Waals surface area contributed by atoms with E-state index >= 15 is 0 Å². The minimum atomic E-state index is -0.190. The van der Waals surface area contributed by atoms with E-state index in [-0.39, 0.29) is 12.5 Å². The molecule has 0 fully saturated rings. The fourth-order valence-corrected chi connectivity index (χ4v) is 1.36. The minimum absolute atomic E-state index is 0.190. The Labute approximate surface area is 103 Å². The number of carbonyl (C=O) groups excluding carboxylic acids is 1. The summed E-state index contributed by atoms with van der Waals surface area (Å²) in [6.07, 6.45) is 3.34. The van der Waals surface area contributed by atoms with Crippen LogP contribution in [-0.4, -0.2) is 29.7 Å². The summed E-state index contributed by atoms with van der Waals surface area (Å²) in [5, 5.41) is 6.48. The van der Waals surface area contributed by atoms with Crippen molar-refractivity contribution < 1.29 is 18.5 Å². The van der Waals surface area contributed by atoms with Gasteiger partial charge in [-0.1, -0.05) is 5.16 Å². The van der Waals surface area contributed by atoms with Gasteiger partial charge in [-0.15, -0.1) is 0 Å². The van der Waals surface area contributed by atoms with E-state index in [0.29, 0.717) is 30.2 Å². The van der Waals surface area contributed by atoms with E-state index in [2.05, 4.69) is 15.5 Å². The largest absolute Gasteiger partial charge is 0.472 e. The summed E-state index contributed by atoms with van der Waals surface area (Å²) >= 11 is 0. The molecule has 2 rings (SSSR count). The van der Waals surface area contributed by atoms with Crippen LogP contribution in [0.2, 0.25) is 0 Å². The van der Waals surface area contributed by atoms with Gasteiger partial charge in [-0.25, -0.2) is 0 Å². The molecule has 1 N–H and O–H groups in total. The second kappa shape index (κ2) is 5.97. The van der Waals surface area contributed by atoms with Gasteiger partial charge in [-0.05, 0) is 6.07 Å². The Kier molecular flexibility index (Phi) is 4.08. The molecule has 2 aromatic rings. The van der Waals surface area contributed by atoms with Gasteiger partial charge >= 0.3 is 0 Å². The van der Waals surface area contributed by atoms with Crippen LogP contribution >= 0.6 is 0 Å². The number of aromatic nitrogens is 2. The highest BCUT2D eigenvalue weighted by Gasteiger charge is 2.08. The molecule has 7 nitrogen and oxygen atoms in total. The van der Waals surface area contributed by atoms with Crippen LogP contribution in [0.25, 0.3) is 0 Å². The Hall–Kier alpha value is -2.15. The highest BCUT2D eigenvalue weighted by Crippen LogP contribution is 2.01. The zero-order chi connectivity index (χ0) is 12.8. The molecule has 2 heterocycles. The molecule has 96 valence electrons. The lowest BCUT2D eigenvalue weighted by Gasteiger charge is -1.99. The van der Waals surface area contributed by atoms with E-state index in [0.717, 1.165) is 0 Å². The van der Waals surface area contributed by atoms with Crippen LogP contribution in [0.1, 0.15) is 22.1 Å². The van der Waals surface area contributed by atoms with Crippen LogP contribution in [0.3, 0.4) is 0 Å². The first-order valence-corrected chi connectivity index (χ1v) is 5.40. The molecule has 0 aromatic carbocycles. The molecular weight excluding hydrogens is 238 g/mol. The Morgan fingerprint density at radius 3 is 3.17 bits per heavy atom. The standard InChI is InChI=1S/C11H13N3O4/c1-16-7-10-13-9(14-18-10)2-4-12-11(15)8-3-5-17-6-8/h3,5-6H,2,4,7H2,1H3,(H,12,15). The Bertz CT molecular complexity index is 492. The molecular formula is C11H13N3O4. The second-order valence-corrected chi connectivity index (χ2v) is 3.56. The third kappa shape index (κ3) is 3.17. The fourth-order valence-electron chi connectivity index (χ4n) is 1.36. The fraction of sp³-hybridized carbons (Fsp3) is 0.364. The van der Waals surface area contributed by atoms with Crippen molar-refractivity contribution in [2.45, 2.75) is 13.0 Å². The number of furan rings is 1. The number of nitrogens with one attached hydrogen (secondary N) is 1. The third-order valence-electron chi connectivity index (χ3n) is 2.20. The highest BCUT2D eigenvalue weighted by molar-refractivity contribution is 5.93. The zero-order valence-electron chi connectivity index (χ0n) is 9.88. The summed E-state index contributed by atoms with van der Waals surface area (Å²) in [7, 11) is 1.55. The number of hydrogen-bond acceptors (Lipinski definition) is 6. The first kappa shape index (κ1) is 12.3. The lowest BCUT2D eigenvalue weighted by Crippen LogP contribution is -2.25. The van der Waals surface area contributed by atoms with Gasteiger partial charge in [0.1, 0.15) is 12.9 Å². The summed E-state index contributed by atoms with van der Waals surface area (Å²) < 4.78 is 14.6. The Morgan fingerprint density at radius 2 is 2.44 bits per heavy atom. The van der Waals surface area contributed by atoms with Crippen LogP contribution in [-0.2, 0) is 17.8 Å². The van der Waals surface area contributed by atoms with Crippen molar-refractivity contribution in [2.75, 3.05) is 13.7 Å².